The zero-order valence-corrected chi connectivity index (χ0v) is 13.1. The number of nitrogens with one attached hydrogen (secondary N) is 1. The van der Waals surface area contributed by atoms with Gasteiger partial charge in [0.15, 0.2) is 0 Å². The molecule has 3 heteroatoms. The Hall–Kier alpha value is -1.22. The van der Waals surface area contributed by atoms with Gasteiger partial charge in [0.2, 0.25) is 0 Å². The molecule has 0 spiro atoms. The van der Waals surface area contributed by atoms with Gasteiger partial charge in [-0.25, -0.2) is 0 Å². The van der Waals surface area contributed by atoms with E-state index in [1.165, 1.54) is 38.2 Å². The molecule has 112 valence electrons. The van der Waals surface area contributed by atoms with E-state index in [1.807, 2.05) is 19.1 Å². The van der Waals surface area contributed by atoms with Crippen LogP contribution in [0.2, 0.25) is 0 Å². The summed E-state index contributed by atoms with van der Waals surface area (Å²) >= 11 is 0. The Balaban J connectivity index is 1.77. The molecule has 0 unspecified atom stereocenters. The maximum atomic E-state index is 5.47. The summed E-state index contributed by atoms with van der Waals surface area (Å²) in [4.78, 5) is 2.58. The van der Waals surface area contributed by atoms with Crippen LogP contribution in [0.5, 0.6) is 5.75 Å². The highest BCUT2D eigenvalue weighted by atomic mass is 16.5. The SMILES string of the molecule is CCOc1ccc(NC2CCN(CC(C)C)CC2)cc1. The van der Waals surface area contributed by atoms with E-state index in [1.54, 1.807) is 0 Å². The molecule has 3 nitrogen and oxygen atoms in total. The third-order valence-electron chi connectivity index (χ3n) is 3.75. The first-order chi connectivity index (χ1) is 9.67. The lowest BCUT2D eigenvalue weighted by molar-refractivity contribution is 0.198. The van der Waals surface area contributed by atoms with Crippen molar-refractivity contribution in [2.45, 2.75) is 39.7 Å². The molecule has 0 saturated carbocycles. The van der Waals surface area contributed by atoms with Crippen LogP contribution < -0.4 is 10.1 Å². The molecule has 0 amide bonds. The second kappa shape index (κ2) is 7.53. The predicted molar refractivity (Wildman–Crippen MR) is 85.5 cm³/mol. The van der Waals surface area contributed by atoms with E-state index < -0.39 is 0 Å². The van der Waals surface area contributed by atoms with Crippen molar-refractivity contribution in [3.05, 3.63) is 24.3 Å². The minimum Gasteiger partial charge on any atom is -0.494 e. The lowest BCUT2D eigenvalue weighted by Gasteiger charge is -2.33. The minimum atomic E-state index is 0.608. The van der Waals surface area contributed by atoms with Crippen molar-refractivity contribution in [2.75, 3.05) is 31.6 Å². The second-order valence-electron chi connectivity index (χ2n) is 6.07. The molecule has 1 N–H and O–H groups in total. The van der Waals surface area contributed by atoms with E-state index >= 15 is 0 Å². The van der Waals surface area contributed by atoms with E-state index in [9.17, 15) is 0 Å². The summed E-state index contributed by atoms with van der Waals surface area (Å²) in [6, 6.07) is 8.92. The van der Waals surface area contributed by atoms with Crippen molar-refractivity contribution < 1.29 is 4.74 Å². The Morgan fingerprint density at radius 1 is 1.20 bits per heavy atom. The van der Waals surface area contributed by atoms with Gasteiger partial charge in [0, 0.05) is 31.4 Å². The molecule has 1 aliphatic rings. The molecule has 1 aromatic rings. The first-order valence-electron chi connectivity index (χ1n) is 7.89. The topological polar surface area (TPSA) is 24.5 Å². The summed E-state index contributed by atoms with van der Waals surface area (Å²) in [6.45, 7) is 11.0. The molecule has 1 fully saturated rings. The van der Waals surface area contributed by atoms with E-state index in [4.69, 9.17) is 4.74 Å². The molecule has 0 aromatic heterocycles. The average molecular weight is 276 g/mol. The van der Waals surface area contributed by atoms with Gasteiger partial charge in [-0.2, -0.15) is 0 Å². The van der Waals surface area contributed by atoms with Gasteiger partial charge in [-0.3, -0.25) is 0 Å². The Kier molecular flexibility index (Phi) is 5.72. The predicted octanol–water partition coefficient (Wildman–Crippen LogP) is 3.62. The Morgan fingerprint density at radius 3 is 2.40 bits per heavy atom. The molecule has 1 aromatic carbocycles. The summed E-state index contributed by atoms with van der Waals surface area (Å²) in [5.74, 6) is 1.72. The van der Waals surface area contributed by atoms with Crippen LogP contribution in [0, 0.1) is 5.92 Å². The third kappa shape index (κ3) is 4.71. The first kappa shape index (κ1) is 15.2. The number of rotatable bonds is 6. The molecule has 0 atom stereocenters. The Morgan fingerprint density at radius 2 is 1.85 bits per heavy atom. The van der Waals surface area contributed by atoms with Crippen LogP contribution in [-0.4, -0.2) is 37.2 Å². The van der Waals surface area contributed by atoms with Crippen LogP contribution >= 0.6 is 0 Å². The highest BCUT2D eigenvalue weighted by Crippen LogP contribution is 2.20. The highest BCUT2D eigenvalue weighted by molar-refractivity contribution is 5.47. The summed E-state index contributed by atoms with van der Waals surface area (Å²) in [5, 5.41) is 3.64. The maximum absolute atomic E-state index is 5.47. The number of benzene rings is 1. The maximum Gasteiger partial charge on any atom is 0.119 e. The zero-order chi connectivity index (χ0) is 14.4. The molecule has 0 bridgehead atoms. The smallest absolute Gasteiger partial charge is 0.119 e. The molecular formula is C17H28N2O. The fraction of sp³-hybridized carbons (Fsp3) is 0.647. The fourth-order valence-electron chi connectivity index (χ4n) is 2.83. The van der Waals surface area contributed by atoms with Crippen molar-refractivity contribution in [1.29, 1.82) is 0 Å². The number of likely N-dealkylation sites (tertiary alicyclic amines) is 1. The lowest BCUT2D eigenvalue weighted by atomic mass is 10.0. The summed E-state index contributed by atoms with van der Waals surface area (Å²) in [7, 11) is 0. The van der Waals surface area contributed by atoms with E-state index in [2.05, 4.69) is 36.2 Å². The zero-order valence-electron chi connectivity index (χ0n) is 13.1. The van der Waals surface area contributed by atoms with Gasteiger partial charge in [0.1, 0.15) is 5.75 Å². The van der Waals surface area contributed by atoms with Crippen molar-refractivity contribution in [3.8, 4) is 5.75 Å². The summed E-state index contributed by atoms with van der Waals surface area (Å²) < 4.78 is 5.47. The van der Waals surface area contributed by atoms with Crippen LogP contribution in [0.1, 0.15) is 33.6 Å². The van der Waals surface area contributed by atoms with Crippen molar-refractivity contribution in [1.82, 2.24) is 4.90 Å². The monoisotopic (exact) mass is 276 g/mol. The third-order valence-corrected chi connectivity index (χ3v) is 3.75. The van der Waals surface area contributed by atoms with Gasteiger partial charge in [0.25, 0.3) is 0 Å². The van der Waals surface area contributed by atoms with Gasteiger partial charge in [-0.05, 0) is 49.9 Å². The van der Waals surface area contributed by atoms with Gasteiger partial charge in [-0.15, -0.1) is 0 Å². The summed E-state index contributed by atoms with van der Waals surface area (Å²) in [5.41, 5.74) is 1.20. The number of anilines is 1. The number of hydrogen-bond acceptors (Lipinski definition) is 3. The van der Waals surface area contributed by atoms with Gasteiger partial charge >= 0.3 is 0 Å². The number of hydrogen-bond donors (Lipinski definition) is 1. The van der Waals surface area contributed by atoms with Crippen LogP contribution in [-0.2, 0) is 0 Å². The molecule has 0 radical (unpaired) electrons. The van der Waals surface area contributed by atoms with E-state index in [-0.39, 0.29) is 0 Å². The van der Waals surface area contributed by atoms with Gasteiger partial charge < -0.3 is 15.0 Å². The number of piperidine rings is 1. The van der Waals surface area contributed by atoms with Crippen molar-refractivity contribution in [2.24, 2.45) is 5.92 Å². The van der Waals surface area contributed by atoms with E-state index in [0.29, 0.717) is 6.04 Å². The highest BCUT2D eigenvalue weighted by Gasteiger charge is 2.19. The Labute approximate surface area is 123 Å². The molecule has 1 heterocycles. The second-order valence-corrected chi connectivity index (χ2v) is 6.07. The normalized spacial score (nSPS) is 17.4. The van der Waals surface area contributed by atoms with Crippen LogP contribution in [0.25, 0.3) is 0 Å². The van der Waals surface area contributed by atoms with Gasteiger partial charge in [0.05, 0.1) is 6.61 Å². The standard InChI is InChI=1S/C17H28N2O/c1-4-20-17-7-5-15(6-8-17)18-16-9-11-19(12-10-16)13-14(2)3/h5-8,14,16,18H,4,9-13H2,1-3H3. The minimum absolute atomic E-state index is 0.608. The van der Waals surface area contributed by atoms with Crippen LogP contribution in [0.3, 0.4) is 0 Å². The van der Waals surface area contributed by atoms with Crippen molar-refractivity contribution >= 4 is 5.69 Å². The van der Waals surface area contributed by atoms with Crippen LogP contribution in [0.4, 0.5) is 5.69 Å². The van der Waals surface area contributed by atoms with E-state index in [0.717, 1.165) is 18.3 Å². The number of nitrogens with zero attached hydrogens (tertiary/aromatic N) is 1. The summed E-state index contributed by atoms with van der Waals surface area (Å²) in [6.07, 6.45) is 2.47. The van der Waals surface area contributed by atoms with Crippen molar-refractivity contribution in [3.63, 3.8) is 0 Å². The molecule has 2 rings (SSSR count). The quantitative estimate of drug-likeness (QED) is 0.859. The van der Waals surface area contributed by atoms with Gasteiger partial charge in [-0.1, -0.05) is 13.8 Å². The molecule has 1 saturated heterocycles. The molecule has 0 aliphatic carbocycles. The largest absolute Gasteiger partial charge is 0.494 e. The lowest BCUT2D eigenvalue weighted by Crippen LogP contribution is -2.40. The fourth-order valence-corrected chi connectivity index (χ4v) is 2.83. The number of ether oxygens (including phenoxy) is 1. The van der Waals surface area contributed by atoms with Crippen LogP contribution in [0.15, 0.2) is 24.3 Å². The first-order valence-corrected chi connectivity index (χ1v) is 7.89. The molecular weight excluding hydrogens is 248 g/mol. The molecule has 20 heavy (non-hydrogen) atoms. The molecule has 1 aliphatic heterocycles. The average Bonchev–Trinajstić information content (AvgIpc) is 2.43. The Bertz CT molecular complexity index is 380.